The van der Waals surface area contributed by atoms with Crippen molar-refractivity contribution >= 4 is 35.0 Å². The number of rotatable bonds is 8. The van der Waals surface area contributed by atoms with Crippen molar-refractivity contribution in [3.05, 3.63) is 29.8 Å². The first-order valence-electron chi connectivity index (χ1n) is 8.89. The van der Waals surface area contributed by atoms with Crippen LogP contribution in [-0.4, -0.2) is 23.1 Å². The number of anilines is 1. The number of aryl methyl sites for hydroxylation is 1. The third-order valence-electron chi connectivity index (χ3n) is 4.12. The van der Waals surface area contributed by atoms with Gasteiger partial charge in [0.25, 0.3) is 5.91 Å². The Kier molecular flexibility index (Phi) is 9.43. The maximum atomic E-state index is 12.2. The molecule has 0 aliphatic carbocycles. The van der Waals surface area contributed by atoms with Gasteiger partial charge in [-0.3, -0.25) is 15.6 Å². The van der Waals surface area contributed by atoms with Gasteiger partial charge in [0.2, 0.25) is 0 Å². The van der Waals surface area contributed by atoms with E-state index in [1.807, 2.05) is 26.0 Å². The van der Waals surface area contributed by atoms with Crippen molar-refractivity contribution in [3.63, 3.8) is 0 Å². The predicted molar refractivity (Wildman–Crippen MR) is 109 cm³/mol. The molecule has 0 bridgehead atoms. The lowest BCUT2D eigenvalue weighted by Crippen LogP contribution is -2.56. The second kappa shape index (κ2) is 11.3. The van der Waals surface area contributed by atoms with E-state index in [1.54, 1.807) is 0 Å². The number of hydrazine groups is 1. The van der Waals surface area contributed by atoms with Crippen molar-refractivity contribution in [3.8, 4) is 0 Å². The van der Waals surface area contributed by atoms with Crippen LogP contribution in [0.25, 0.3) is 0 Å². The summed E-state index contributed by atoms with van der Waals surface area (Å²) in [6.45, 7) is 5.95. The largest absolute Gasteiger partial charge is 0.352 e. The number of amides is 3. The lowest BCUT2D eigenvalue weighted by Gasteiger charge is -2.23. The van der Waals surface area contributed by atoms with E-state index in [2.05, 4.69) is 40.5 Å². The molecule has 0 aliphatic heterocycles. The van der Waals surface area contributed by atoms with Gasteiger partial charge in [-0.1, -0.05) is 45.7 Å². The van der Waals surface area contributed by atoms with Gasteiger partial charge in [-0.2, -0.15) is 0 Å². The number of urea groups is 1. The number of thiocarbonyl (C=S) groups is 1. The monoisotopic (exact) mass is 379 g/mol. The molecule has 7 nitrogen and oxygen atoms in total. The van der Waals surface area contributed by atoms with E-state index < -0.39 is 18.0 Å². The molecule has 0 radical (unpaired) electrons. The van der Waals surface area contributed by atoms with Gasteiger partial charge in [0.05, 0.1) is 0 Å². The highest BCUT2D eigenvalue weighted by atomic mass is 32.1. The van der Waals surface area contributed by atoms with Crippen molar-refractivity contribution in [2.45, 2.75) is 52.5 Å². The fourth-order valence-electron chi connectivity index (χ4n) is 2.35. The van der Waals surface area contributed by atoms with Crippen LogP contribution in [0.2, 0.25) is 0 Å². The van der Waals surface area contributed by atoms with Gasteiger partial charge in [-0.25, -0.2) is 4.79 Å². The van der Waals surface area contributed by atoms with Crippen molar-refractivity contribution in [2.24, 2.45) is 11.7 Å². The van der Waals surface area contributed by atoms with E-state index in [4.69, 9.17) is 18.0 Å². The van der Waals surface area contributed by atoms with E-state index in [0.29, 0.717) is 6.42 Å². The van der Waals surface area contributed by atoms with Crippen LogP contribution < -0.4 is 27.2 Å². The Morgan fingerprint density at radius 2 is 1.81 bits per heavy atom. The van der Waals surface area contributed by atoms with Crippen LogP contribution in [-0.2, 0) is 11.2 Å². The number of nitrogens with one attached hydrogen (secondary N) is 4. The summed E-state index contributed by atoms with van der Waals surface area (Å²) in [5.41, 5.74) is 12.4. The molecule has 0 fully saturated rings. The summed E-state index contributed by atoms with van der Waals surface area (Å²) in [6.07, 6.45) is 4.09. The summed E-state index contributed by atoms with van der Waals surface area (Å²) in [5.74, 6) is -0.473. The minimum atomic E-state index is -0.741. The fraction of sp³-hybridized carbons (Fsp3) is 0.500. The van der Waals surface area contributed by atoms with E-state index >= 15 is 0 Å². The van der Waals surface area contributed by atoms with Crippen molar-refractivity contribution in [1.29, 1.82) is 0 Å². The van der Waals surface area contributed by atoms with Crippen molar-refractivity contribution < 1.29 is 9.59 Å². The zero-order chi connectivity index (χ0) is 19.5. The maximum absolute atomic E-state index is 12.2. The third-order valence-corrected chi connectivity index (χ3v) is 4.33. The Labute approximate surface area is 160 Å². The molecule has 3 amide bonds. The van der Waals surface area contributed by atoms with Crippen LogP contribution in [0.3, 0.4) is 0 Å². The molecule has 144 valence electrons. The van der Waals surface area contributed by atoms with Gasteiger partial charge in [-0.15, -0.1) is 0 Å². The molecule has 0 unspecified atom stereocenters. The second-order valence-corrected chi connectivity index (χ2v) is 6.65. The number of primary amides is 1. The molecule has 6 N–H and O–H groups in total. The van der Waals surface area contributed by atoms with E-state index in [0.717, 1.165) is 24.9 Å². The normalized spacial score (nSPS) is 12.6. The number of hydrogen-bond acceptors (Lipinski definition) is 3. The lowest BCUT2D eigenvalue weighted by molar-refractivity contribution is -0.124. The second-order valence-electron chi connectivity index (χ2n) is 6.24. The van der Waals surface area contributed by atoms with Gasteiger partial charge in [0.1, 0.15) is 6.04 Å². The van der Waals surface area contributed by atoms with E-state index in [1.165, 1.54) is 5.56 Å². The van der Waals surface area contributed by atoms with Crippen LogP contribution >= 0.6 is 12.2 Å². The zero-order valence-electron chi connectivity index (χ0n) is 15.6. The summed E-state index contributed by atoms with van der Waals surface area (Å²) in [6, 6.07) is 6.51. The molecule has 0 aliphatic rings. The van der Waals surface area contributed by atoms with Gasteiger partial charge in [-0.05, 0) is 48.7 Å². The summed E-state index contributed by atoms with van der Waals surface area (Å²) in [7, 11) is 0. The van der Waals surface area contributed by atoms with Crippen LogP contribution in [0, 0.1) is 5.92 Å². The number of benzene rings is 1. The number of carbonyl (C=O) groups excluding carboxylic acids is 2. The van der Waals surface area contributed by atoms with E-state index in [-0.39, 0.29) is 11.0 Å². The minimum Gasteiger partial charge on any atom is -0.352 e. The minimum absolute atomic E-state index is 0.0681. The lowest BCUT2D eigenvalue weighted by atomic mass is 9.99. The third kappa shape index (κ3) is 7.69. The topological polar surface area (TPSA) is 108 Å². The summed E-state index contributed by atoms with van der Waals surface area (Å²) in [5, 5.41) is 5.70. The smallest absolute Gasteiger partial charge is 0.312 e. The summed E-state index contributed by atoms with van der Waals surface area (Å²) >= 11 is 5.18. The zero-order valence-corrected chi connectivity index (χ0v) is 16.4. The molecule has 0 heterocycles. The maximum Gasteiger partial charge on any atom is 0.312 e. The Bertz CT molecular complexity index is 606. The standard InChI is InChI=1S/C18H29N5O2S/c1-4-6-7-13-8-10-14(11-9-13)20-18(26)23-22-16(24)15(12(3)5-2)21-17(19)25/h8-12,15H,4-7H2,1-3H3,(H,22,24)(H3,19,21,25)(H2,20,23,26)/t12-,15-/m0/s1. The fourth-order valence-corrected chi connectivity index (χ4v) is 2.52. The number of nitrogens with two attached hydrogens (primary N) is 1. The number of unbranched alkanes of at least 4 members (excludes halogenated alkanes) is 1. The Balaban J connectivity index is 2.51. The van der Waals surface area contributed by atoms with Crippen molar-refractivity contribution in [2.75, 3.05) is 5.32 Å². The van der Waals surface area contributed by atoms with Crippen molar-refractivity contribution in [1.82, 2.24) is 16.2 Å². The number of hydrogen-bond donors (Lipinski definition) is 5. The van der Waals surface area contributed by atoms with Crippen LogP contribution in [0.4, 0.5) is 10.5 Å². The molecular formula is C18H29N5O2S. The Morgan fingerprint density at radius 1 is 1.15 bits per heavy atom. The molecule has 0 saturated carbocycles. The summed E-state index contributed by atoms with van der Waals surface area (Å²) < 4.78 is 0. The summed E-state index contributed by atoms with van der Waals surface area (Å²) in [4.78, 5) is 23.3. The van der Waals surface area contributed by atoms with Gasteiger partial charge < -0.3 is 16.4 Å². The predicted octanol–water partition coefficient (Wildman–Crippen LogP) is 2.43. The van der Waals surface area contributed by atoms with Crippen LogP contribution in [0.1, 0.15) is 45.6 Å². The highest BCUT2D eigenvalue weighted by Gasteiger charge is 2.25. The van der Waals surface area contributed by atoms with Crippen LogP contribution in [0.15, 0.2) is 24.3 Å². The molecule has 0 aromatic heterocycles. The van der Waals surface area contributed by atoms with Gasteiger partial charge >= 0.3 is 6.03 Å². The first-order chi connectivity index (χ1) is 12.4. The molecule has 2 atom stereocenters. The molecular weight excluding hydrogens is 350 g/mol. The molecule has 1 aromatic rings. The highest BCUT2D eigenvalue weighted by molar-refractivity contribution is 7.80. The SMILES string of the molecule is CCCCc1ccc(NC(=S)NNC(=O)[C@@H](NC(N)=O)[C@@H](C)CC)cc1. The van der Waals surface area contributed by atoms with Crippen LogP contribution in [0.5, 0.6) is 0 Å². The van der Waals surface area contributed by atoms with Gasteiger partial charge in [0, 0.05) is 5.69 Å². The Hall–Kier alpha value is -2.35. The highest BCUT2D eigenvalue weighted by Crippen LogP contribution is 2.11. The number of carbonyl (C=O) groups is 2. The first-order valence-corrected chi connectivity index (χ1v) is 9.29. The van der Waals surface area contributed by atoms with Gasteiger partial charge in [0.15, 0.2) is 5.11 Å². The molecule has 26 heavy (non-hydrogen) atoms. The molecule has 1 rings (SSSR count). The van der Waals surface area contributed by atoms with E-state index in [9.17, 15) is 9.59 Å². The average molecular weight is 380 g/mol. The quantitative estimate of drug-likeness (QED) is 0.352. The first kappa shape index (κ1) is 21.7. The molecule has 0 saturated heterocycles. The Morgan fingerprint density at radius 3 is 2.35 bits per heavy atom. The molecule has 1 aromatic carbocycles. The molecule has 0 spiro atoms. The average Bonchev–Trinajstić information content (AvgIpc) is 2.62. The molecule has 8 heteroatoms.